The highest BCUT2D eigenvalue weighted by molar-refractivity contribution is 6.37. The first kappa shape index (κ1) is 13.4. The Morgan fingerprint density at radius 2 is 2.06 bits per heavy atom. The molecule has 0 spiro atoms. The van der Waals surface area contributed by atoms with Gasteiger partial charge < -0.3 is 10.1 Å². The van der Waals surface area contributed by atoms with Crippen LogP contribution in [0.15, 0.2) is 12.1 Å². The molecule has 1 aromatic carbocycles. The second-order valence-corrected chi connectivity index (χ2v) is 4.90. The van der Waals surface area contributed by atoms with Gasteiger partial charge in [-0.2, -0.15) is 0 Å². The third kappa shape index (κ3) is 3.04. The van der Waals surface area contributed by atoms with E-state index < -0.39 is 4.92 Å². The average molecular weight is 291 g/mol. The molecule has 1 fully saturated rings. The SMILES string of the molecule is O=[N+]([O-])c1cc(Cl)c(O[C@H]2CCCNC2)c(Cl)c1. The lowest BCUT2D eigenvalue weighted by atomic mass is 10.1. The van der Waals surface area contributed by atoms with E-state index >= 15 is 0 Å². The first-order chi connectivity index (χ1) is 8.58. The van der Waals surface area contributed by atoms with Crippen LogP contribution in [0.25, 0.3) is 0 Å². The van der Waals surface area contributed by atoms with Crippen molar-refractivity contribution in [3.63, 3.8) is 0 Å². The second-order valence-electron chi connectivity index (χ2n) is 4.08. The quantitative estimate of drug-likeness (QED) is 0.686. The lowest BCUT2D eigenvalue weighted by Gasteiger charge is -2.24. The van der Waals surface area contributed by atoms with Gasteiger partial charge in [0, 0.05) is 18.7 Å². The first-order valence-electron chi connectivity index (χ1n) is 5.58. The van der Waals surface area contributed by atoms with E-state index in [1.165, 1.54) is 12.1 Å². The van der Waals surface area contributed by atoms with Gasteiger partial charge in [-0.3, -0.25) is 10.1 Å². The largest absolute Gasteiger partial charge is 0.486 e. The first-order valence-corrected chi connectivity index (χ1v) is 6.34. The normalized spacial score (nSPS) is 19.6. The molecular formula is C11H12Cl2N2O3. The molecular weight excluding hydrogens is 279 g/mol. The summed E-state index contributed by atoms with van der Waals surface area (Å²) < 4.78 is 5.70. The second kappa shape index (κ2) is 5.73. The Balaban J connectivity index is 2.19. The Morgan fingerprint density at radius 3 is 2.56 bits per heavy atom. The van der Waals surface area contributed by atoms with Crippen LogP contribution in [0.5, 0.6) is 5.75 Å². The fourth-order valence-electron chi connectivity index (χ4n) is 1.85. The summed E-state index contributed by atoms with van der Waals surface area (Å²) in [4.78, 5) is 10.1. The summed E-state index contributed by atoms with van der Waals surface area (Å²) in [7, 11) is 0. The Kier molecular flexibility index (Phi) is 4.27. The van der Waals surface area contributed by atoms with E-state index in [1.54, 1.807) is 0 Å². The summed E-state index contributed by atoms with van der Waals surface area (Å²) in [6, 6.07) is 2.50. The Labute approximate surface area is 114 Å². The Morgan fingerprint density at radius 1 is 1.39 bits per heavy atom. The zero-order chi connectivity index (χ0) is 13.1. The smallest absolute Gasteiger partial charge is 0.272 e. The molecule has 0 aliphatic carbocycles. The molecule has 98 valence electrons. The molecule has 0 amide bonds. The van der Waals surface area contributed by atoms with Gasteiger partial charge in [-0.1, -0.05) is 23.2 Å². The van der Waals surface area contributed by atoms with Crippen molar-refractivity contribution in [3.8, 4) is 5.75 Å². The number of nitro benzene ring substituents is 1. The molecule has 1 N–H and O–H groups in total. The van der Waals surface area contributed by atoms with E-state index in [0.717, 1.165) is 25.9 Å². The van der Waals surface area contributed by atoms with Crippen LogP contribution in [0.4, 0.5) is 5.69 Å². The number of nitrogens with one attached hydrogen (secondary N) is 1. The minimum absolute atomic E-state index is 0.00444. The lowest BCUT2D eigenvalue weighted by molar-refractivity contribution is -0.384. The molecule has 0 aromatic heterocycles. The van der Waals surface area contributed by atoms with Crippen molar-refractivity contribution in [2.45, 2.75) is 18.9 Å². The summed E-state index contributed by atoms with van der Waals surface area (Å²) in [5, 5.41) is 14.2. The number of halogens is 2. The minimum Gasteiger partial charge on any atom is -0.486 e. The summed E-state index contributed by atoms with van der Waals surface area (Å²) in [6.45, 7) is 1.70. The van der Waals surface area contributed by atoms with Crippen LogP contribution in [0, 0.1) is 10.1 Å². The van der Waals surface area contributed by atoms with Gasteiger partial charge in [0.1, 0.15) is 6.10 Å². The highest BCUT2D eigenvalue weighted by Crippen LogP contribution is 2.37. The predicted octanol–water partition coefficient (Wildman–Crippen LogP) is 3.03. The number of hydrogen-bond acceptors (Lipinski definition) is 4. The number of rotatable bonds is 3. The third-order valence-corrected chi connectivity index (χ3v) is 3.29. The topological polar surface area (TPSA) is 64.4 Å². The molecule has 1 atom stereocenters. The molecule has 0 unspecified atom stereocenters. The van der Waals surface area contributed by atoms with Gasteiger partial charge in [0.25, 0.3) is 5.69 Å². The van der Waals surface area contributed by atoms with Crippen molar-refractivity contribution >= 4 is 28.9 Å². The fraction of sp³-hybridized carbons (Fsp3) is 0.455. The number of piperidine rings is 1. The number of non-ortho nitro benzene ring substituents is 1. The van der Waals surface area contributed by atoms with Crippen molar-refractivity contribution in [1.29, 1.82) is 0 Å². The molecule has 0 saturated carbocycles. The van der Waals surface area contributed by atoms with Crippen LogP contribution in [-0.2, 0) is 0 Å². The molecule has 1 aromatic rings. The molecule has 0 radical (unpaired) electrons. The monoisotopic (exact) mass is 290 g/mol. The number of nitro groups is 1. The molecule has 18 heavy (non-hydrogen) atoms. The van der Waals surface area contributed by atoms with Crippen LogP contribution in [0.1, 0.15) is 12.8 Å². The molecule has 5 nitrogen and oxygen atoms in total. The Bertz CT molecular complexity index is 439. The molecule has 1 aliphatic heterocycles. The van der Waals surface area contributed by atoms with Crippen molar-refractivity contribution in [2.75, 3.05) is 13.1 Å². The Hall–Kier alpha value is -1.04. The highest BCUT2D eigenvalue weighted by Gasteiger charge is 2.20. The van der Waals surface area contributed by atoms with Crippen LogP contribution in [-0.4, -0.2) is 24.1 Å². The van der Waals surface area contributed by atoms with Crippen LogP contribution < -0.4 is 10.1 Å². The van der Waals surface area contributed by atoms with Crippen molar-refractivity contribution < 1.29 is 9.66 Å². The maximum Gasteiger partial charge on any atom is 0.272 e. The van der Waals surface area contributed by atoms with E-state index in [4.69, 9.17) is 27.9 Å². The molecule has 1 heterocycles. The van der Waals surface area contributed by atoms with Crippen LogP contribution in [0.3, 0.4) is 0 Å². The summed E-state index contributed by atoms with van der Waals surface area (Å²) in [5.74, 6) is 0.317. The highest BCUT2D eigenvalue weighted by atomic mass is 35.5. The van der Waals surface area contributed by atoms with Crippen molar-refractivity contribution in [1.82, 2.24) is 5.32 Å². The summed E-state index contributed by atoms with van der Waals surface area (Å²) in [6.07, 6.45) is 1.93. The predicted molar refractivity (Wildman–Crippen MR) is 69.6 cm³/mol. The third-order valence-electron chi connectivity index (χ3n) is 2.73. The maximum atomic E-state index is 10.6. The molecule has 0 bridgehead atoms. The van der Waals surface area contributed by atoms with Gasteiger partial charge in [0.15, 0.2) is 5.75 Å². The van der Waals surface area contributed by atoms with E-state index in [2.05, 4.69) is 5.32 Å². The number of nitrogens with zero attached hydrogens (tertiary/aromatic N) is 1. The maximum absolute atomic E-state index is 10.6. The average Bonchev–Trinajstić information content (AvgIpc) is 2.34. The van der Waals surface area contributed by atoms with E-state index in [0.29, 0.717) is 5.75 Å². The summed E-state index contributed by atoms with van der Waals surface area (Å²) >= 11 is 11.9. The van der Waals surface area contributed by atoms with Crippen LogP contribution in [0.2, 0.25) is 10.0 Å². The standard InChI is InChI=1S/C11H12Cl2N2O3/c12-9-4-7(15(16)17)5-10(13)11(9)18-8-2-1-3-14-6-8/h4-5,8,14H,1-3,6H2/t8-/m0/s1. The van der Waals surface area contributed by atoms with Gasteiger partial charge in [-0.25, -0.2) is 0 Å². The number of benzene rings is 1. The zero-order valence-electron chi connectivity index (χ0n) is 9.49. The zero-order valence-corrected chi connectivity index (χ0v) is 11.0. The molecule has 1 saturated heterocycles. The van der Waals surface area contributed by atoms with Gasteiger partial charge >= 0.3 is 0 Å². The van der Waals surface area contributed by atoms with Crippen molar-refractivity contribution in [3.05, 3.63) is 32.3 Å². The molecule has 7 heteroatoms. The van der Waals surface area contributed by atoms with E-state index in [9.17, 15) is 10.1 Å². The van der Waals surface area contributed by atoms with Crippen LogP contribution >= 0.6 is 23.2 Å². The lowest BCUT2D eigenvalue weighted by Crippen LogP contribution is -2.37. The van der Waals surface area contributed by atoms with Gasteiger partial charge in [0.2, 0.25) is 0 Å². The van der Waals surface area contributed by atoms with E-state index in [1.807, 2.05) is 0 Å². The number of ether oxygens (including phenoxy) is 1. The fourth-order valence-corrected chi connectivity index (χ4v) is 2.42. The molecule has 2 rings (SSSR count). The minimum atomic E-state index is -0.538. The van der Waals surface area contributed by atoms with Gasteiger partial charge in [-0.05, 0) is 19.4 Å². The number of hydrogen-bond donors (Lipinski definition) is 1. The van der Waals surface area contributed by atoms with Crippen molar-refractivity contribution in [2.24, 2.45) is 0 Å². The van der Waals surface area contributed by atoms with Gasteiger partial charge in [-0.15, -0.1) is 0 Å². The summed E-state index contributed by atoms with van der Waals surface area (Å²) in [5.41, 5.74) is -0.140. The molecule has 1 aliphatic rings. The van der Waals surface area contributed by atoms with Gasteiger partial charge in [0.05, 0.1) is 15.0 Å². The van der Waals surface area contributed by atoms with E-state index in [-0.39, 0.29) is 21.8 Å².